The average Bonchev–Trinajstić information content (AvgIpc) is 2.15. The molecule has 0 aromatic heterocycles. The zero-order valence-corrected chi connectivity index (χ0v) is 8.28. The predicted molar refractivity (Wildman–Crippen MR) is 51.6 cm³/mol. The van der Waals surface area contributed by atoms with Gasteiger partial charge in [0, 0.05) is 39.3 Å². The van der Waals surface area contributed by atoms with E-state index in [4.69, 9.17) is 0 Å². The van der Waals surface area contributed by atoms with Gasteiger partial charge in [-0.2, -0.15) is 0 Å². The van der Waals surface area contributed by atoms with Gasteiger partial charge in [-0.3, -0.25) is 10.1 Å². The van der Waals surface area contributed by atoms with E-state index in [2.05, 4.69) is 22.2 Å². The Morgan fingerprint density at radius 2 is 2.00 bits per heavy atom. The number of likely N-dealkylation sites (N-methyl/N-ethyl adjacent to an activating group) is 1. The molecule has 75 valence electrons. The van der Waals surface area contributed by atoms with Crippen molar-refractivity contribution in [1.82, 2.24) is 15.1 Å². The molecule has 1 fully saturated rings. The van der Waals surface area contributed by atoms with Crippen molar-refractivity contribution in [3.05, 3.63) is 0 Å². The normalized spacial score (nSPS) is 20.1. The molecular weight excluding hydrogens is 166 g/mol. The number of hydrogen-bond donors (Lipinski definition) is 0. The molecule has 1 heterocycles. The van der Waals surface area contributed by atoms with Crippen LogP contribution < -0.4 is 5.32 Å². The van der Waals surface area contributed by atoms with Gasteiger partial charge in [-0.15, -0.1) is 0 Å². The second-order valence-corrected chi connectivity index (χ2v) is 3.51. The summed E-state index contributed by atoms with van der Waals surface area (Å²) in [5.74, 6) is 0. The first-order valence-electron chi connectivity index (χ1n) is 4.84. The third-order valence-electron chi connectivity index (χ3n) is 2.43. The van der Waals surface area contributed by atoms with E-state index in [1.165, 1.54) is 0 Å². The molecule has 1 aliphatic rings. The zero-order chi connectivity index (χ0) is 9.52. The fourth-order valence-electron chi connectivity index (χ4n) is 1.51. The number of rotatable bonds is 5. The Balaban J connectivity index is 1.99. The average molecular weight is 184 g/mol. The van der Waals surface area contributed by atoms with Crippen molar-refractivity contribution in [3.63, 3.8) is 0 Å². The highest BCUT2D eigenvalue weighted by molar-refractivity contribution is 5.45. The van der Waals surface area contributed by atoms with Crippen LogP contribution in [0.5, 0.6) is 0 Å². The lowest BCUT2D eigenvalue weighted by Crippen LogP contribution is -2.44. The lowest BCUT2D eigenvalue weighted by molar-refractivity contribution is -0.109. The van der Waals surface area contributed by atoms with E-state index in [9.17, 15) is 4.79 Å². The monoisotopic (exact) mass is 184 g/mol. The summed E-state index contributed by atoms with van der Waals surface area (Å²) in [7, 11) is 2.15. The van der Waals surface area contributed by atoms with Gasteiger partial charge in [0.2, 0.25) is 6.41 Å². The highest BCUT2D eigenvalue weighted by Crippen LogP contribution is 1.99. The van der Waals surface area contributed by atoms with Crippen molar-refractivity contribution < 1.29 is 4.79 Å². The van der Waals surface area contributed by atoms with Gasteiger partial charge in [0.25, 0.3) is 0 Å². The van der Waals surface area contributed by atoms with Crippen LogP contribution in [0.3, 0.4) is 0 Å². The van der Waals surface area contributed by atoms with E-state index in [1.54, 1.807) is 0 Å². The van der Waals surface area contributed by atoms with Crippen LogP contribution in [0.25, 0.3) is 0 Å². The second kappa shape index (κ2) is 5.94. The fourth-order valence-corrected chi connectivity index (χ4v) is 1.51. The highest BCUT2D eigenvalue weighted by Gasteiger charge is 2.12. The van der Waals surface area contributed by atoms with Crippen molar-refractivity contribution >= 4 is 6.41 Å². The summed E-state index contributed by atoms with van der Waals surface area (Å²) in [5.41, 5.74) is 0. The Morgan fingerprint density at radius 1 is 1.31 bits per heavy atom. The Morgan fingerprint density at radius 3 is 2.62 bits per heavy atom. The molecule has 0 saturated carbocycles. The van der Waals surface area contributed by atoms with Gasteiger partial charge in [-0.25, -0.2) is 0 Å². The molecule has 0 bridgehead atoms. The maximum atomic E-state index is 9.91. The number of amides is 1. The van der Waals surface area contributed by atoms with Gasteiger partial charge in [0.05, 0.1) is 0 Å². The van der Waals surface area contributed by atoms with Crippen LogP contribution in [0, 0.1) is 0 Å². The molecule has 4 nitrogen and oxygen atoms in total. The number of hydrogen-bond acceptors (Lipinski definition) is 3. The molecule has 0 aromatic carbocycles. The lowest BCUT2D eigenvalue weighted by Gasteiger charge is -2.32. The third kappa shape index (κ3) is 4.24. The van der Waals surface area contributed by atoms with Crippen molar-refractivity contribution in [2.75, 3.05) is 46.3 Å². The Hall–Kier alpha value is -0.610. The summed E-state index contributed by atoms with van der Waals surface area (Å²) in [6.45, 7) is 6.37. The van der Waals surface area contributed by atoms with Crippen molar-refractivity contribution in [2.24, 2.45) is 0 Å². The maximum absolute atomic E-state index is 9.91. The minimum atomic E-state index is 0.643. The third-order valence-corrected chi connectivity index (χ3v) is 2.43. The van der Waals surface area contributed by atoms with Gasteiger partial charge in [0.1, 0.15) is 0 Å². The minimum Gasteiger partial charge on any atom is -0.304 e. The number of carbonyl (C=O) groups excluding carboxylic acids is 1. The Bertz CT molecular complexity index is 144. The van der Waals surface area contributed by atoms with Crippen molar-refractivity contribution in [3.8, 4) is 0 Å². The maximum Gasteiger partial charge on any atom is 0.228 e. The van der Waals surface area contributed by atoms with Crippen LogP contribution >= 0.6 is 0 Å². The summed E-state index contributed by atoms with van der Waals surface area (Å²) in [6.07, 6.45) is 1.65. The first-order valence-corrected chi connectivity index (χ1v) is 4.84. The van der Waals surface area contributed by atoms with Gasteiger partial charge >= 0.3 is 0 Å². The van der Waals surface area contributed by atoms with Crippen LogP contribution in [0.2, 0.25) is 0 Å². The quantitative estimate of drug-likeness (QED) is 0.422. The van der Waals surface area contributed by atoms with Crippen molar-refractivity contribution in [2.45, 2.75) is 6.42 Å². The van der Waals surface area contributed by atoms with Crippen LogP contribution in [0.4, 0.5) is 0 Å². The summed E-state index contributed by atoms with van der Waals surface area (Å²) in [4.78, 5) is 14.7. The molecule has 0 unspecified atom stereocenters. The van der Waals surface area contributed by atoms with E-state index in [0.29, 0.717) is 13.0 Å². The zero-order valence-electron chi connectivity index (χ0n) is 8.28. The SMILES string of the molecule is CN1CCN(CCC[N]C=O)CC1. The molecule has 1 radical (unpaired) electrons. The summed E-state index contributed by atoms with van der Waals surface area (Å²) < 4.78 is 0. The van der Waals surface area contributed by atoms with Crippen LogP contribution in [-0.2, 0) is 4.79 Å². The predicted octanol–water partition coefficient (Wildman–Crippen LogP) is -0.615. The van der Waals surface area contributed by atoms with Gasteiger partial charge in [-0.05, 0) is 13.5 Å². The second-order valence-electron chi connectivity index (χ2n) is 3.51. The topological polar surface area (TPSA) is 37.7 Å². The molecular formula is C9H18N3O. The molecule has 1 rings (SSSR count). The number of piperazine rings is 1. The smallest absolute Gasteiger partial charge is 0.228 e. The Labute approximate surface area is 79.9 Å². The first-order chi connectivity index (χ1) is 6.33. The van der Waals surface area contributed by atoms with Gasteiger partial charge in [0.15, 0.2) is 0 Å². The van der Waals surface area contributed by atoms with Crippen molar-refractivity contribution in [1.29, 1.82) is 0 Å². The molecule has 4 heteroatoms. The highest BCUT2D eigenvalue weighted by atomic mass is 16.1. The summed E-state index contributed by atoms with van der Waals surface area (Å²) >= 11 is 0. The van der Waals surface area contributed by atoms with Crippen LogP contribution in [-0.4, -0.2) is 62.5 Å². The molecule has 0 aromatic rings. The summed E-state index contributed by atoms with van der Waals surface area (Å²) in [6, 6.07) is 0. The summed E-state index contributed by atoms with van der Waals surface area (Å²) in [5, 5.41) is 3.65. The number of carbonyl (C=O) groups is 1. The molecule has 13 heavy (non-hydrogen) atoms. The molecule has 1 amide bonds. The minimum absolute atomic E-state index is 0.643. The van der Waals surface area contributed by atoms with E-state index < -0.39 is 0 Å². The molecule has 1 aliphatic heterocycles. The molecule has 0 atom stereocenters. The van der Waals surface area contributed by atoms with E-state index in [1.807, 2.05) is 0 Å². The van der Waals surface area contributed by atoms with E-state index >= 15 is 0 Å². The molecule has 0 aliphatic carbocycles. The van der Waals surface area contributed by atoms with E-state index in [0.717, 1.165) is 39.1 Å². The van der Waals surface area contributed by atoms with Gasteiger partial charge < -0.3 is 9.80 Å². The fraction of sp³-hybridized carbons (Fsp3) is 0.889. The van der Waals surface area contributed by atoms with Gasteiger partial charge in [-0.1, -0.05) is 0 Å². The Kier molecular flexibility index (Phi) is 4.78. The standard InChI is InChI=1S/C9H18N3O/c1-11-5-7-12(8-6-11)4-2-3-10-9-13/h9H,2-8H2,1H3. The van der Waals surface area contributed by atoms with Crippen LogP contribution in [0.15, 0.2) is 0 Å². The molecule has 1 saturated heterocycles. The van der Waals surface area contributed by atoms with Crippen LogP contribution in [0.1, 0.15) is 6.42 Å². The first kappa shape index (κ1) is 10.5. The molecule has 0 spiro atoms. The molecule has 0 N–H and O–H groups in total. The number of nitrogens with zero attached hydrogens (tertiary/aromatic N) is 3. The van der Waals surface area contributed by atoms with E-state index in [-0.39, 0.29) is 0 Å². The lowest BCUT2D eigenvalue weighted by atomic mass is 10.3. The largest absolute Gasteiger partial charge is 0.304 e.